The van der Waals surface area contributed by atoms with Crippen molar-refractivity contribution in [2.75, 3.05) is 26.2 Å². The van der Waals surface area contributed by atoms with Gasteiger partial charge in [0.05, 0.1) is 16.6 Å². The van der Waals surface area contributed by atoms with Crippen molar-refractivity contribution in [1.29, 1.82) is 0 Å². The second-order valence-corrected chi connectivity index (χ2v) is 8.18. The summed E-state index contributed by atoms with van der Waals surface area (Å²) in [6, 6.07) is 9.73. The van der Waals surface area contributed by atoms with E-state index in [1.54, 1.807) is 11.0 Å². The first-order valence-electron chi connectivity index (χ1n) is 10.0. The molecule has 1 N–H and O–H groups in total. The maximum absolute atomic E-state index is 12.9. The summed E-state index contributed by atoms with van der Waals surface area (Å²) in [5.41, 5.74) is 2.84. The fourth-order valence-corrected chi connectivity index (χ4v) is 4.52. The van der Waals surface area contributed by atoms with Gasteiger partial charge in [-0.05, 0) is 25.0 Å². The molecule has 1 aromatic carbocycles. The number of H-pyrrole nitrogens is 1. The van der Waals surface area contributed by atoms with E-state index in [2.05, 4.69) is 22.8 Å². The summed E-state index contributed by atoms with van der Waals surface area (Å²) in [5, 5.41) is 8.27. The van der Waals surface area contributed by atoms with Crippen molar-refractivity contribution in [1.82, 2.24) is 20.0 Å². The van der Waals surface area contributed by atoms with Crippen LogP contribution in [0.1, 0.15) is 30.9 Å². The third kappa shape index (κ3) is 4.08. The van der Waals surface area contributed by atoms with Gasteiger partial charge in [0.2, 0.25) is 11.8 Å². The number of hydrogen-bond donors (Lipinski definition) is 1. The van der Waals surface area contributed by atoms with Crippen LogP contribution in [-0.2, 0) is 9.59 Å². The fraction of sp³-hybridized carbons (Fsp3) is 0.409. The standard InChI is InChI=1S/C22H25ClN4O2/c1-2-9-27-14-16(12-21(27)28)22(29)26-10-7-15(8-11-26)19-13-20(25-24-19)17-5-3-4-6-18(17)23/h2-6,13,15-16H,1,7-12,14H2,(H,24,25). The number of aromatic amines is 1. The summed E-state index contributed by atoms with van der Waals surface area (Å²) in [6.07, 6.45) is 3.78. The van der Waals surface area contributed by atoms with Crippen molar-refractivity contribution in [2.45, 2.75) is 25.2 Å². The van der Waals surface area contributed by atoms with Crippen molar-refractivity contribution >= 4 is 23.4 Å². The molecule has 0 aliphatic carbocycles. The van der Waals surface area contributed by atoms with Gasteiger partial charge < -0.3 is 9.80 Å². The summed E-state index contributed by atoms with van der Waals surface area (Å²) in [6.45, 7) is 6.10. The highest BCUT2D eigenvalue weighted by Gasteiger charge is 2.37. The predicted octanol–water partition coefficient (Wildman–Crippen LogP) is 3.47. The number of hydrogen-bond acceptors (Lipinski definition) is 3. The number of likely N-dealkylation sites (tertiary alicyclic amines) is 2. The molecule has 2 aliphatic heterocycles. The Morgan fingerprint density at radius 1 is 1.31 bits per heavy atom. The molecule has 0 spiro atoms. The van der Waals surface area contributed by atoms with E-state index in [1.165, 1.54) is 0 Å². The molecule has 2 aromatic rings. The average Bonchev–Trinajstić information content (AvgIpc) is 3.36. The van der Waals surface area contributed by atoms with Gasteiger partial charge in [-0.25, -0.2) is 0 Å². The molecule has 0 radical (unpaired) electrons. The Kier molecular flexibility index (Phi) is 5.72. The van der Waals surface area contributed by atoms with Gasteiger partial charge in [-0.3, -0.25) is 14.7 Å². The highest BCUT2D eigenvalue weighted by Crippen LogP contribution is 2.32. The Morgan fingerprint density at radius 2 is 2.07 bits per heavy atom. The van der Waals surface area contributed by atoms with E-state index in [0.717, 1.165) is 29.8 Å². The number of aromatic nitrogens is 2. The first-order chi connectivity index (χ1) is 14.1. The molecular formula is C22H25ClN4O2. The second kappa shape index (κ2) is 8.41. The first kappa shape index (κ1) is 19.7. The molecule has 152 valence electrons. The van der Waals surface area contributed by atoms with Crippen LogP contribution in [0.25, 0.3) is 11.3 Å². The lowest BCUT2D eigenvalue weighted by molar-refractivity contribution is -0.136. The van der Waals surface area contributed by atoms with E-state index >= 15 is 0 Å². The van der Waals surface area contributed by atoms with E-state index in [-0.39, 0.29) is 17.7 Å². The van der Waals surface area contributed by atoms with Crippen molar-refractivity contribution < 1.29 is 9.59 Å². The number of carbonyl (C=O) groups excluding carboxylic acids is 2. The molecule has 29 heavy (non-hydrogen) atoms. The van der Waals surface area contributed by atoms with Gasteiger partial charge in [0, 0.05) is 49.8 Å². The molecule has 2 amide bonds. The highest BCUT2D eigenvalue weighted by molar-refractivity contribution is 6.33. The van der Waals surface area contributed by atoms with Gasteiger partial charge in [0.1, 0.15) is 0 Å². The minimum Gasteiger partial charge on any atom is -0.342 e. The molecule has 6 nitrogen and oxygen atoms in total. The van der Waals surface area contributed by atoms with Crippen LogP contribution < -0.4 is 0 Å². The predicted molar refractivity (Wildman–Crippen MR) is 112 cm³/mol. The molecule has 1 atom stereocenters. The Labute approximate surface area is 175 Å². The number of nitrogens with zero attached hydrogens (tertiary/aromatic N) is 3. The van der Waals surface area contributed by atoms with Gasteiger partial charge in [-0.2, -0.15) is 5.10 Å². The minimum atomic E-state index is -0.224. The normalized spacial score (nSPS) is 20.3. The molecular weight excluding hydrogens is 388 g/mol. The van der Waals surface area contributed by atoms with Gasteiger partial charge in [-0.15, -0.1) is 6.58 Å². The lowest BCUT2D eigenvalue weighted by Gasteiger charge is -2.33. The summed E-state index contributed by atoms with van der Waals surface area (Å²) in [4.78, 5) is 28.5. The van der Waals surface area contributed by atoms with Crippen LogP contribution in [0.2, 0.25) is 5.02 Å². The van der Waals surface area contributed by atoms with Gasteiger partial charge in [0.15, 0.2) is 0 Å². The van der Waals surface area contributed by atoms with Gasteiger partial charge >= 0.3 is 0 Å². The van der Waals surface area contributed by atoms with Crippen LogP contribution in [0.3, 0.4) is 0 Å². The third-order valence-corrected chi connectivity index (χ3v) is 6.24. The molecule has 2 saturated heterocycles. The molecule has 1 aromatic heterocycles. The highest BCUT2D eigenvalue weighted by atomic mass is 35.5. The lowest BCUT2D eigenvalue weighted by atomic mass is 9.92. The van der Waals surface area contributed by atoms with E-state index < -0.39 is 0 Å². The number of rotatable bonds is 5. The Balaban J connectivity index is 1.35. The third-order valence-electron chi connectivity index (χ3n) is 5.91. The Hall–Kier alpha value is -2.60. The van der Waals surface area contributed by atoms with Gasteiger partial charge in [-0.1, -0.05) is 35.9 Å². The summed E-state index contributed by atoms with van der Waals surface area (Å²) < 4.78 is 0. The van der Waals surface area contributed by atoms with Crippen LogP contribution in [0.4, 0.5) is 0 Å². The van der Waals surface area contributed by atoms with Crippen LogP contribution >= 0.6 is 11.6 Å². The summed E-state index contributed by atoms with van der Waals surface area (Å²) in [7, 11) is 0. The van der Waals surface area contributed by atoms with Crippen LogP contribution in [0, 0.1) is 5.92 Å². The van der Waals surface area contributed by atoms with Crippen molar-refractivity contribution in [2.24, 2.45) is 5.92 Å². The molecule has 3 heterocycles. The average molecular weight is 413 g/mol. The zero-order valence-electron chi connectivity index (χ0n) is 16.3. The van der Waals surface area contributed by atoms with E-state index in [9.17, 15) is 9.59 Å². The zero-order valence-corrected chi connectivity index (χ0v) is 17.1. The maximum atomic E-state index is 12.9. The molecule has 7 heteroatoms. The maximum Gasteiger partial charge on any atom is 0.227 e. The number of piperidine rings is 1. The van der Waals surface area contributed by atoms with E-state index in [0.29, 0.717) is 43.5 Å². The molecule has 0 bridgehead atoms. The van der Waals surface area contributed by atoms with Crippen LogP contribution in [0.5, 0.6) is 0 Å². The second-order valence-electron chi connectivity index (χ2n) is 7.78. The topological polar surface area (TPSA) is 69.3 Å². The Bertz CT molecular complexity index is 917. The largest absolute Gasteiger partial charge is 0.342 e. The molecule has 4 rings (SSSR count). The summed E-state index contributed by atoms with van der Waals surface area (Å²) >= 11 is 6.28. The van der Waals surface area contributed by atoms with Crippen LogP contribution in [0.15, 0.2) is 43.0 Å². The smallest absolute Gasteiger partial charge is 0.227 e. The first-order valence-corrected chi connectivity index (χ1v) is 10.4. The zero-order chi connectivity index (χ0) is 20.4. The molecule has 0 saturated carbocycles. The summed E-state index contributed by atoms with van der Waals surface area (Å²) in [5.74, 6) is 0.260. The quantitative estimate of drug-likeness (QED) is 0.764. The monoisotopic (exact) mass is 412 g/mol. The van der Waals surface area contributed by atoms with Crippen molar-refractivity contribution in [3.63, 3.8) is 0 Å². The van der Waals surface area contributed by atoms with E-state index in [4.69, 9.17) is 11.6 Å². The number of nitrogens with one attached hydrogen (secondary N) is 1. The number of amides is 2. The number of benzene rings is 1. The molecule has 1 unspecified atom stereocenters. The number of halogens is 1. The van der Waals surface area contributed by atoms with Crippen molar-refractivity contribution in [3.05, 3.63) is 53.7 Å². The molecule has 2 fully saturated rings. The lowest BCUT2D eigenvalue weighted by Crippen LogP contribution is -2.42. The van der Waals surface area contributed by atoms with Crippen LogP contribution in [-0.4, -0.2) is 58.0 Å². The fourth-order valence-electron chi connectivity index (χ4n) is 4.29. The van der Waals surface area contributed by atoms with Gasteiger partial charge in [0.25, 0.3) is 0 Å². The minimum absolute atomic E-state index is 0.0442. The number of carbonyl (C=O) groups is 2. The van der Waals surface area contributed by atoms with E-state index in [1.807, 2.05) is 29.2 Å². The van der Waals surface area contributed by atoms with Crippen molar-refractivity contribution in [3.8, 4) is 11.3 Å². The molecule has 2 aliphatic rings. The Morgan fingerprint density at radius 3 is 2.79 bits per heavy atom. The SMILES string of the molecule is C=CCN1CC(C(=O)N2CCC(c3cc(-c4ccccc4Cl)n[nH]3)CC2)CC1=O.